The van der Waals surface area contributed by atoms with E-state index in [9.17, 15) is 8.42 Å². The lowest BCUT2D eigenvalue weighted by Crippen LogP contribution is -2.13. The summed E-state index contributed by atoms with van der Waals surface area (Å²) in [6.45, 7) is 4.28. The fourth-order valence-electron chi connectivity index (χ4n) is 2.16. The van der Waals surface area contributed by atoms with Crippen LogP contribution < -0.4 is 4.80 Å². The second-order valence-electron chi connectivity index (χ2n) is 5.32. The molecule has 1 aromatic carbocycles. The van der Waals surface area contributed by atoms with Crippen molar-refractivity contribution < 1.29 is 8.42 Å². The highest BCUT2D eigenvalue weighted by Gasteiger charge is 2.15. The Kier molecular flexibility index (Phi) is 3.96. The van der Waals surface area contributed by atoms with Gasteiger partial charge in [-0.1, -0.05) is 37.3 Å². The number of benzene rings is 1. The first kappa shape index (κ1) is 15.5. The minimum atomic E-state index is -3.63. The van der Waals surface area contributed by atoms with Crippen molar-refractivity contribution in [2.75, 3.05) is 0 Å². The molecule has 4 nitrogen and oxygen atoms in total. The number of nitrogens with zero attached hydrogens (tertiary/aromatic N) is 2. The van der Waals surface area contributed by atoms with Gasteiger partial charge in [0.2, 0.25) is 4.80 Å². The molecule has 22 heavy (non-hydrogen) atoms. The summed E-state index contributed by atoms with van der Waals surface area (Å²) in [5.74, 6) is 0.437. The van der Waals surface area contributed by atoms with Crippen LogP contribution >= 0.6 is 22.7 Å². The first-order valence-corrected chi connectivity index (χ1v) is 9.96. The highest BCUT2D eigenvalue weighted by atomic mass is 32.2. The molecule has 3 rings (SSSR count). The minimum Gasteiger partial charge on any atom is -0.319 e. The Balaban J connectivity index is 2.20. The number of thiazole rings is 1. The molecule has 0 unspecified atom stereocenters. The van der Waals surface area contributed by atoms with Crippen LogP contribution in [0.5, 0.6) is 0 Å². The van der Waals surface area contributed by atoms with Gasteiger partial charge in [-0.15, -0.1) is 15.7 Å². The first-order valence-electron chi connectivity index (χ1n) is 6.82. The summed E-state index contributed by atoms with van der Waals surface area (Å²) < 4.78 is 31.8. The molecule has 0 spiro atoms. The van der Waals surface area contributed by atoms with Crippen LogP contribution in [-0.4, -0.2) is 13.0 Å². The lowest BCUT2D eigenvalue weighted by atomic mass is 10.0. The zero-order valence-corrected chi connectivity index (χ0v) is 14.9. The normalized spacial score (nSPS) is 13.4. The van der Waals surface area contributed by atoms with Gasteiger partial charge in [-0.05, 0) is 35.1 Å². The molecular formula is C15H16N2O2S3. The number of aryl methyl sites for hydroxylation is 1. The average Bonchev–Trinajstić information content (AvgIpc) is 3.08. The molecule has 0 N–H and O–H groups in total. The number of thiophene rings is 1. The molecule has 0 aliphatic heterocycles. The van der Waals surface area contributed by atoms with Crippen molar-refractivity contribution in [3.05, 3.63) is 46.1 Å². The topological polar surface area (TPSA) is 51.4 Å². The standard InChI is InChI=1S/C15H16N2O2S3/c1-10(2)11-6-7-12-13(9-11)21-15(17(12)3)16-22(18,19)14-5-4-8-20-14/h4-10H,1-3H3/b16-15-. The summed E-state index contributed by atoms with van der Waals surface area (Å²) in [4.78, 5) is 0.490. The molecule has 2 aromatic heterocycles. The number of sulfonamides is 1. The van der Waals surface area contributed by atoms with Crippen molar-refractivity contribution in [3.63, 3.8) is 0 Å². The second kappa shape index (κ2) is 5.64. The third-order valence-electron chi connectivity index (χ3n) is 3.45. The molecule has 0 saturated carbocycles. The zero-order valence-electron chi connectivity index (χ0n) is 12.5. The van der Waals surface area contributed by atoms with Crippen LogP contribution in [0.1, 0.15) is 25.3 Å². The van der Waals surface area contributed by atoms with Gasteiger partial charge in [0.15, 0.2) is 0 Å². The van der Waals surface area contributed by atoms with E-state index in [1.54, 1.807) is 17.5 Å². The largest absolute Gasteiger partial charge is 0.319 e. The summed E-state index contributed by atoms with van der Waals surface area (Å²) in [5, 5.41) is 1.74. The van der Waals surface area contributed by atoms with Gasteiger partial charge in [0, 0.05) is 7.05 Å². The third-order valence-corrected chi connectivity index (χ3v) is 7.30. The van der Waals surface area contributed by atoms with Crippen molar-refractivity contribution in [1.82, 2.24) is 4.57 Å². The molecule has 7 heteroatoms. The Morgan fingerprint density at radius 2 is 2.00 bits per heavy atom. The highest BCUT2D eigenvalue weighted by Crippen LogP contribution is 2.24. The second-order valence-corrected chi connectivity index (χ2v) is 9.11. The monoisotopic (exact) mass is 352 g/mol. The van der Waals surface area contributed by atoms with Gasteiger partial charge in [0.1, 0.15) is 4.21 Å². The van der Waals surface area contributed by atoms with Crippen LogP contribution in [0.3, 0.4) is 0 Å². The molecule has 3 aromatic rings. The summed E-state index contributed by atoms with van der Waals surface area (Å²) in [7, 11) is -1.79. The van der Waals surface area contributed by atoms with Crippen molar-refractivity contribution in [2.24, 2.45) is 11.4 Å². The fraction of sp³-hybridized carbons (Fsp3) is 0.267. The number of rotatable bonds is 3. The minimum absolute atomic E-state index is 0.271. The smallest absolute Gasteiger partial charge is 0.294 e. The Morgan fingerprint density at radius 1 is 1.23 bits per heavy atom. The van der Waals surface area contributed by atoms with Crippen LogP contribution in [0.15, 0.2) is 44.3 Å². The molecule has 0 radical (unpaired) electrons. The molecule has 0 aliphatic carbocycles. The van der Waals surface area contributed by atoms with Gasteiger partial charge in [-0.3, -0.25) is 0 Å². The van der Waals surface area contributed by atoms with E-state index in [1.807, 2.05) is 17.7 Å². The van der Waals surface area contributed by atoms with E-state index >= 15 is 0 Å². The maximum Gasteiger partial charge on any atom is 0.294 e. The predicted molar refractivity (Wildman–Crippen MR) is 92.0 cm³/mol. The fourth-order valence-corrected chi connectivity index (χ4v) is 5.42. The van der Waals surface area contributed by atoms with E-state index < -0.39 is 10.0 Å². The van der Waals surface area contributed by atoms with Crippen molar-refractivity contribution in [1.29, 1.82) is 0 Å². The molecular weight excluding hydrogens is 336 g/mol. The molecule has 2 heterocycles. The Hall–Kier alpha value is -1.44. The molecule has 0 saturated heterocycles. The number of fused-ring (bicyclic) bond motifs is 1. The van der Waals surface area contributed by atoms with Crippen molar-refractivity contribution in [2.45, 2.75) is 24.0 Å². The van der Waals surface area contributed by atoms with Crippen LogP contribution in [0, 0.1) is 0 Å². The predicted octanol–water partition coefficient (Wildman–Crippen LogP) is 3.71. The highest BCUT2D eigenvalue weighted by molar-refractivity contribution is 7.92. The van der Waals surface area contributed by atoms with E-state index in [0.29, 0.717) is 10.7 Å². The molecule has 0 amide bonds. The summed E-state index contributed by atoms with van der Waals surface area (Å²) in [6.07, 6.45) is 0. The Morgan fingerprint density at radius 3 is 2.64 bits per heavy atom. The maximum atomic E-state index is 12.3. The number of hydrogen-bond donors (Lipinski definition) is 0. The maximum absolute atomic E-state index is 12.3. The SMILES string of the molecule is CC(C)c1ccc2c(c1)s/c(=N\S(=O)(=O)c1cccs1)n2C. The zero-order chi connectivity index (χ0) is 15.9. The molecule has 0 atom stereocenters. The lowest BCUT2D eigenvalue weighted by Gasteiger charge is -2.04. The Labute approximate surface area is 137 Å². The van der Waals surface area contributed by atoms with Crippen LogP contribution in [0.25, 0.3) is 10.2 Å². The molecule has 0 bridgehead atoms. The third kappa shape index (κ3) is 2.76. The van der Waals surface area contributed by atoms with E-state index in [4.69, 9.17) is 0 Å². The first-order chi connectivity index (χ1) is 10.4. The number of hydrogen-bond acceptors (Lipinski definition) is 4. The Bertz CT molecular complexity index is 978. The van der Waals surface area contributed by atoms with Crippen molar-refractivity contribution in [3.8, 4) is 0 Å². The summed E-state index contributed by atoms with van der Waals surface area (Å²) in [6, 6.07) is 9.51. The average molecular weight is 353 g/mol. The van der Waals surface area contributed by atoms with Gasteiger partial charge >= 0.3 is 0 Å². The molecule has 116 valence electrons. The number of aromatic nitrogens is 1. The van der Waals surface area contributed by atoms with Crippen LogP contribution in [0.4, 0.5) is 0 Å². The van der Waals surface area contributed by atoms with E-state index in [0.717, 1.165) is 10.2 Å². The van der Waals surface area contributed by atoms with E-state index in [1.165, 1.54) is 28.2 Å². The van der Waals surface area contributed by atoms with Crippen molar-refractivity contribution >= 4 is 42.9 Å². The van der Waals surface area contributed by atoms with Crippen LogP contribution in [0.2, 0.25) is 0 Å². The lowest BCUT2D eigenvalue weighted by molar-refractivity contribution is 0.598. The summed E-state index contributed by atoms with van der Waals surface area (Å²) in [5.41, 5.74) is 2.23. The van der Waals surface area contributed by atoms with Gasteiger partial charge in [-0.2, -0.15) is 8.42 Å². The quantitative estimate of drug-likeness (QED) is 0.721. The molecule has 0 aliphatic rings. The van der Waals surface area contributed by atoms with E-state index in [2.05, 4.69) is 30.4 Å². The van der Waals surface area contributed by atoms with Gasteiger partial charge in [0.05, 0.1) is 10.2 Å². The van der Waals surface area contributed by atoms with E-state index in [-0.39, 0.29) is 4.21 Å². The van der Waals surface area contributed by atoms with Crippen LogP contribution in [-0.2, 0) is 17.1 Å². The molecule has 0 fully saturated rings. The van der Waals surface area contributed by atoms with Gasteiger partial charge in [-0.25, -0.2) is 0 Å². The van der Waals surface area contributed by atoms with Gasteiger partial charge in [0.25, 0.3) is 10.0 Å². The summed E-state index contributed by atoms with van der Waals surface area (Å²) >= 11 is 2.58. The van der Waals surface area contributed by atoms with Gasteiger partial charge < -0.3 is 4.57 Å².